The minimum Gasteiger partial charge on any atom is -0.365 e. The van der Waals surface area contributed by atoms with Gasteiger partial charge in [0.2, 0.25) is 0 Å². The summed E-state index contributed by atoms with van der Waals surface area (Å²) in [6, 6.07) is 8.99. The molecule has 146 valence electrons. The van der Waals surface area contributed by atoms with Crippen molar-refractivity contribution in [2.24, 2.45) is 0 Å². The molecule has 0 aliphatic carbocycles. The molecule has 1 atom stereocenters. The molecule has 1 fully saturated rings. The van der Waals surface area contributed by atoms with Gasteiger partial charge in [-0.15, -0.1) is 11.3 Å². The standard InChI is InChI=1S/C21H30N4OS/c1-5-18-14-24(10-11-25(18)15(2)3)21(26)17-7-9-20(22-12-17)23-13-19-8-6-16(4)27-19/h6-9,12,15,18H,5,10-11,13-14H2,1-4H3,(H,22,23)/t18-/m0/s1. The average molecular weight is 387 g/mol. The lowest BCUT2D eigenvalue weighted by atomic mass is 10.1. The number of hydrogen-bond acceptors (Lipinski definition) is 5. The van der Waals surface area contributed by atoms with Gasteiger partial charge in [0.15, 0.2) is 0 Å². The van der Waals surface area contributed by atoms with Crippen LogP contribution in [-0.2, 0) is 6.54 Å². The lowest BCUT2D eigenvalue weighted by Gasteiger charge is -2.43. The monoisotopic (exact) mass is 386 g/mol. The Morgan fingerprint density at radius 2 is 2.11 bits per heavy atom. The Morgan fingerprint density at radius 3 is 2.70 bits per heavy atom. The fraction of sp³-hybridized carbons (Fsp3) is 0.524. The Kier molecular flexibility index (Phi) is 6.50. The van der Waals surface area contributed by atoms with Gasteiger partial charge >= 0.3 is 0 Å². The molecule has 1 aliphatic rings. The van der Waals surface area contributed by atoms with Gasteiger partial charge in [0.1, 0.15) is 5.82 Å². The van der Waals surface area contributed by atoms with Crippen molar-refractivity contribution in [3.8, 4) is 0 Å². The molecule has 2 aromatic rings. The van der Waals surface area contributed by atoms with Crippen molar-refractivity contribution in [3.05, 3.63) is 45.8 Å². The molecule has 0 radical (unpaired) electrons. The summed E-state index contributed by atoms with van der Waals surface area (Å²) in [4.78, 5) is 24.4. The molecule has 1 amide bonds. The van der Waals surface area contributed by atoms with Crippen molar-refractivity contribution in [2.45, 2.75) is 52.7 Å². The number of nitrogens with one attached hydrogen (secondary N) is 1. The smallest absolute Gasteiger partial charge is 0.255 e. The van der Waals surface area contributed by atoms with Crippen LogP contribution in [0.1, 0.15) is 47.3 Å². The van der Waals surface area contributed by atoms with E-state index in [1.54, 1.807) is 17.5 Å². The van der Waals surface area contributed by atoms with E-state index >= 15 is 0 Å². The predicted molar refractivity (Wildman–Crippen MR) is 112 cm³/mol. The molecule has 5 nitrogen and oxygen atoms in total. The molecule has 2 aromatic heterocycles. The van der Waals surface area contributed by atoms with Gasteiger partial charge in [0.25, 0.3) is 5.91 Å². The zero-order valence-corrected chi connectivity index (χ0v) is 17.6. The van der Waals surface area contributed by atoms with E-state index in [1.165, 1.54) is 9.75 Å². The molecule has 27 heavy (non-hydrogen) atoms. The molecule has 6 heteroatoms. The number of aromatic nitrogens is 1. The van der Waals surface area contributed by atoms with E-state index in [-0.39, 0.29) is 5.91 Å². The van der Waals surface area contributed by atoms with Gasteiger partial charge in [-0.1, -0.05) is 6.92 Å². The van der Waals surface area contributed by atoms with Crippen LogP contribution in [0.2, 0.25) is 0 Å². The molecule has 1 N–H and O–H groups in total. The Hall–Kier alpha value is -1.92. The molecule has 0 bridgehead atoms. The van der Waals surface area contributed by atoms with Crippen LogP contribution in [-0.4, -0.2) is 52.4 Å². The second-order valence-corrected chi connectivity index (χ2v) is 8.82. The van der Waals surface area contributed by atoms with E-state index in [4.69, 9.17) is 0 Å². The Bertz CT molecular complexity index is 756. The van der Waals surface area contributed by atoms with Crippen LogP contribution in [0, 0.1) is 6.92 Å². The average Bonchev–Trinajstić information content (AvgIpc) is 3.10. The third-order valence-electron chi connectivity index (χ3n) is 5.20. The number of anilines is 1. The minimum absolute atomic E-state index is 0.0878. The van der Waals surface area contributed by atoms with Gasteiger partial charge < -0.3 is 10.2 Å². The van der Waals surface area contributed by atoms with E-state index in [9.17, 15) is 4.79 Å². The van der Waals surface area contributed by atoms with Crippen molar-refractivity contribution in [3.63, 3.8) is 0 Å². The molecular weight excluding hydrogens is 356 g/mol. The lowest BCUT2D eigenvalue weighted by Crippen LogP contribution is -2.56. The number of carbonyl (C=O) groups excluding carboxylic acids is 1. The maximum absolute atomic E-state index is 12.9. The summed E-state index contributed by atoms with van der Waals surface area (Å²) in [6.07, 6.45) is 2.76. The molecule has 1 aliphatic heterocycles. The molecule has 1 saturated heterocycles. The van der Waals surface area contributed by atoms with Gasteiger partial charge in [-0.2, -0.15) is 0 Å². The Labute approximate surface area is 166 Å². The summed E-state index contributed by atoms with van der Waals surface area (Å²) in [5.41, 5.74) is 0.667. The third kappa shape index (κ3) is 4.87. The largest absolute Gasteiger partial charge is 0.365 e. The van der Waals surface area contributed by atoms with Crippen molar-refractivity contribution >= 4 is 23.1 Å². The summed E-state index contributed by atoms with van der Waals surface area (Å²) >= 11 is 1.78. The molecule has 0 spiro atoms. The summed E-state index contributed by atoms with van der Waals surface area (Å²) in [5.74, 6) is 0.887. The first-order valence-electron chi connectivity index (χ1n) is 9.78. The third-order valence-corrected chi connectivity index (χ3v) is 6.20. The summed E-state index contributed by atoms with van der Waals surface area (Å²) in [5, 5.41) is 3.32. The molecule has 0 unspecified atom stereocenters. The maximum atomic E-state index is 12.9. The Balaban J connectivity index is 1.58. The zero-order chi connectivity index (χ0) is 19.4. The predicted octanol–water partition coefficient (Wildman–Crippen LogP) is 4.01. The lowest BCUT2D eigenvalue weighted by molar-refractivity contribution is 0.0371. The van der Waals surface area contributed by atoms with Crippen LogP contribution >= 0.6 is 11.3 Å². The highest BCUT2D eigenvalue weighted by Crippen LogP contribution is 2.19. The second-order valence-electron chi connectivity index (χ2n) is 7.44. The molecule has 3 rings (SSSR count). The van der Waals surface area contributed by atoms with Crippen LogP contribution in [0.15, 0.2) is 30.5 Å². The number of carbonyl (C=O) groups is 1. The van der Waals surface area contributed by atoms with Crippen molar-refractivity contribution in [1.82, 2.24) is 14.8 Å². The number of nitrogens with zero attached hydrogens (tertiary/aromatic N) is 3. The fourth-order valence-corrected chi connectivity index (χ4v) is 4.49. The van der Waals surface area contributed by atoms with Crippen molar-refractivity contribution in [2.75, 3.05) is 25.0 Å². The number of amides is 1. The summed E-state index contributed by atoms with van der Waals surface area (Å²) in [6.45, 7) is 12.0. The second kappa shape index (κ2) is 8.85. The van der Waals surface area contributed by atoms with Gasteiger partial charge in [0, 0.05) is 47.7 Å². The quantitative estimate of drug-likeness (QED) is 0.815. The van der Waals surface area contributed by atoms with E-state index in [0.29, 0.717) is 17.6 Å². The molecule has 3 heterocycles. The fourth-order valence-electron chi connectivity index (χ4n) is 3.66. The van der Waals surface area contributed by atoms with E-state index in [0.717, 1.165) is 38.4 Å². The first-order chi connectivity index (χ1) is 13.0. The number of aryl methyl sites for hydroxylation is 1. The maximum Gasteiger partial charge on any atom is 0.255 e. The van der Waals surface area contributed by atoms with Crippen molar-refractivity contribution in [1.29, 1.82) is 0 Å². The van der Waals surface area contributed by atoms with Crippen LogP contribution in [0.25, 0.3) is 0 Å². The highest BCUT2D eigenvalue weighted by molar-refractivity contribution is 7.11. The summed E-state index contributed by atoms with van der Waals surface area (Å²) < 4.78 is 0. The first kappa shape index (κ1) is 19.8. The van der Waals surface area contributed by atoms with Gasteiger partial charge in [-0.3, -0.25) is 9.69 Å². The highest BCUT2D eigenvalue weighted by Gasteiger charge is 2.30. The molecule has 0 aromatic carbocycles. The number of pyridine rings is 1. The van der Waals surface area contributed by atoms with Crippen LogP contribution < -0.4 is 5.32 Å². The molecule has 0 saturated carbocycles. The van der Waals surface area contributed by atoms with Crippen LogP contribution in [0.3, 0.4) is 0 Å². The van der Waals surface area contributed by atoms with Gasteiger partial charge in [0.05, 0.1) is 12.1 Å². The van der Waals surface area contributed by atoms with E-state index in [1.807, 2.05) is 17.0 Å². The molecular formula is C21H30N4OS. The number of thiophene rings is 1. The minimum atomic E-state index is 0.0878. The van der Waals surface area contributed by atoms with Crippen LogP contribution in [0.4, 0.5) is 5.82 Å². The van der Waals surface area contributed by atoms with Crippen LogP contribution in [0.5, 0.6) is 0 Å². The number of piperazine rings is 1. The SMILES string of the molecule is CC[C@H]1CN(C(=O)c2ccc(NCc3ccc(C)s3)nc2)CCN1C(C)C. The Morgan fingerprint density at radius 1 is 1.30 bits per heavy atom. The topological polar surface area (TPSA) is 48.5 Å². The number of hydrogen-bond donors (Lipinski definition) is 1. The zero-order valence-electron chi connectivity index (χ0n) is 16.7. The van der Waals surface area contributed by atoms with Gasteiger partial charge in [-0.05, 0) is 51.5 Å². The highest BCUT2D eigenvalue weighted by atomic mass is 32.1. The van der Waals surface area contributed by atoms with Gasteiger partial charge in [-0.25, -0.2) is 4.98 Å². The summed E-state index contributed by atoms with van der Waals surface area (Å²) in [7, 11) is 0. The normalized spacial score (nSPS) is 18.1. The van der Waals surface area contributed by atoms with E-state index in [2.05, 4.69) is 55.0 Å². The number of rotatable bonds is 6. The van der Waals surface area contributed by atoms with Crippen molar-refractivity contribution < 1.29 is 4.79 Å². The first-order valence-corrected chi connectivity index (χ1v) is 10.6. The van der Waals surface area contributed by atoms with E-state index < -0.39 is 0 Å².